The molecule has 1 rings (SSSR count). The smallest absolute Gasteiger partial charge is 0.243 e. The summed E-state index contributed by atoms with van der Waals surface area (Å²) in [6, 6.07) is 4.92. The van der Waals surface area contributed by atoms with Crippen molar-refractivity contribution in [3.8, 4) is 5.75 Å². The van der Waals surface area contributed by atoms with Gasteiger partial charge in [-0.05, 0) is 37.1 Å². The van der Waals surface area contributed by atoms with E-state index in [0.717, 1.165) is 5.56 Å². The predicted molar refractivity (Wildman–Crippen MR) is 103 cm³/mol. The molecule has 0 radical (unpaired) electrons. The van der Waals surface area contributed by atoms with Gasteiger partial charge in [-0.2, -0.15) is 0 Å². The second-order valence-electron chi connectivity index (χ2n) is 6.83. The SMILES string of the molecule is CNCC(=O)NC(CC(C)C)C(=O)NC(Cc1ccc(O)cc1)C(=O)NC. The van der Waals surface area contributed by atoms with Gasteiger partial charge in [0.25, 0.3) is 0 Å². The van der Waals surface area contributed by atoms with Crippen molar-refractivity contribution in [1.82, 2.24) is 21.3 Å². The van der Waals surface area contributed by atoms with Crippen LogP contribution in [-0.4, -0.2) is 55.6 Å². The molecule has 1 aromatic rings. The Labute approximate surface area is 160 Å². The van der Waals surface area contributed by atoms with E-state index in [1.165, 1.54) is 19.2 Å². The van der Waals surface area contributed by atoms with E-state index in [4.69, 9.17) is 0 Å². The number of amides is 3. The highest BCUT2D eigenvalue weighted by Gasteiger charge is 2.27. The van der Waals surface area contributed by atoms with Gasteiger partial charge in [-0.25, -0.2) is 0 Å². The van der Waals surface area contributed by atoms with Crippen molar-refractivity contribution in [3.05, 3.63) is 29.8 Å². The van der Waals surface area contributed by atoms with Crippen molar-refractivity contribution in [2.45, 2.75) is 38.8 Å². The van der Waals surface area contributed by atoms with Gasteiger partial charge in [-0.15, -0.1) is 0 Å². The first-order chi connectivity index (χ1) is 12.8. The molecule has 0 fully saturated rings. The highest BCUT2D eigenvalue weighted by molar-refractivity contribution is 5.92. The standard InChI is InChI=1S/C19H30N4O4/c1-12(2)9-15(22-17(25)11-20-3)19(27)23-16(18(26)21-4)10-13-5-7-14(24)8-6-13/h5-8,12,15-16,20,24H,9-11H2,1-4H3,(H,21,26)(H,22,25)(H,23,27). The number of carbonyl (C=O) groups is 3. The van der Waals surface area contributed by atoms with Gasteiger partial charge in [0.1, 0.15) is 17.8 Å². The van der Waals surface area contributed by atoms with Crippen LogP contribution in [0.4, 0.5) is 0 Å². The lowest BCUT2D eigenvalue weighted by atomic mass is 10.0. The Morgan fingerprint density at radius 1 is 0.963 bits per heavy atom. The zero-order valence-corrected chi connectivity index (χ0v) is 16.3. The molecule has 0 saturated heterocycles. The minimum absolute atomic E-state index is 0.105. The molecule has 2 unspecified atom stereocenters. The van der Waals surface area contributed by atoms with Crippen molar-refractivity contribution in [2.75, 3.05) is 20.6 Å². The Hall–Kier alpha value is -2.61. The van der Waals surface area contributed by atoms with E-state index in [-0.39, 0.29) is 36.4 Å². The van der Waals surface area contributed by atoms with Gasteiger partial charge in [0, 0.05) is 13.5 Å². The third-order valence-corrected chi connectivity index (χ3v) is 3.95. The molecular formula is C19H30N4O4. The van der Waals surface area contributed by atoms with Crippen LogP contribution in [0.5, 0.6) is 5.75 Å². The van der Waals surface area contributed by atoms with E-state index in [1.54, 1.807) is 19.2 Å². The Balaban J connectivity index is 2.88. The van der Waals surface area contributed by atoms with Crippen molar-refractivity contribution in [1.29, 1.82) is 0 Å². The lowest BCUT2D eigenvalue weighted by Gasteiger charge is -2.24. The van der Waals surface area contributed by atoms with Gasteiger partial charge in [0.05, 0.1) is 6.54 Å². The van der Waals surface area contributed by atoms with Crippen molar-refractivity contribution in [3.63, 3.8) is 0 Å². The zero-order chi connectivity index (χ0) is 20.4. The fourth-order valence-electron chi connectivity index (χ4n) is 2.63. The molecule has 0 heterocycles. The summed E-state index contributed by atoms with van der Waals surface area (Å²) in [6.45, 7) is 4.02. The number of phenols is 1. The summed E-state index contributed by atoms with van der Waals surface area (Å²) >= 11 is 0. The molecule has 1 aromatic carbocycles. The van der Waals surface area contributed by atoms with Gasteiger partial charge < -0.3 is 26.4 Å². The molecule has 0 aliphatic heterocycles. The van der Waals surface area contributed by atoms with Crippen LogP contribution in [0, 0.1) is 5.92 Å². The molecular weight excluding hydrogens is 348 g/mol. The molecule has 0 spiro atoms. The van der Waals surface area contributed by atoms with Crippen molar-refractivity contribution < 1.29 is 19.5 Å². The number of carbonyl (C=O) groups excluding carboxylic acids is 3. The number of likely N-dealkylation sites (N-methyl/N-ethyl adjacent to an activating group) is 2. The molecule has 8 heteroatoms. The first-order valence-electron chi connectivity index (χ1n) is 9.00. The average molecular weight is 378 g/mol. The minimum atomic E-state index is -0.789. The maximum absolute atomic E-state index is 12.7. The third-order valence-electron chi connectivity index (χ3n) is 3.95. The number of nitrogens with one attached hydrogen (secondary N) is 4. The number of rotatable bonds is 10. The minimum Gasteiger partial charge on any atom is -0.508 e. The van der Waals surface area contributed by atoms with Crippen LogP contribution in [0.3, 0.4) is 0 Å². The summed E-state index contributed by atoms with van der Waals surface area (Å²) in [5, 5.41) is 20.1. The molecule has 8 nitrogen and oxygen atoms in total. The van der Waals surface area contributed by atoms with E-state index < -0.39 is 18.0 Å². The fourth-order valence-corrected chi connectivity index (χ4v) is 2.63. The second kappa shape index (κ2) is 11.2. The van der Waals surface area contributed by atoms with Crippen LogP contribution in [-0.2, 0) is 20.8 Å². The van der Waals surface area contributed by atoms with Crippen molar-refractivity contribution >= 4 is 17.7 Å². The van der Waals surface area contributed by atoms with E-state index in [2.05, 4.69) is 21.3 Å². The fraction of sp³-hybridized carbons (Fsp3) is 0.526. The Morgan fingerprint density at radius 3 is 2.11 bits per heavy atom. The van der Waals surface area contributed by atoms with Gasteiger partial charge in [0.2, 0.25) is 17.7 Å². The average Bonchev–Trinajstić information content (AvgIpc) is 2.61. The quantitative estimate of drug-likeness (QED) is 0.390. The monoisotopic (exact) mass is 378 g/mol. The van der Waals surface area contributed by atoms with Crippen LogP contribution >= 0.6 is 0 Å². The molecule has 150 valence electrons. The van der Waals surface area contributed by atoms with Gasteiger partial charge >= 0.3 is 0 Å². The number of aromatic hydroxyl groups is 1. The van der Waals surface area contributed by atoms with Crippen LogP contribution < -0.4 is 21.3 Å². The van der Waals surface area contributed by atoms with Crippen LogP contribution in [0.15, 0.2) is 24.3 Å². The molecule has 0 bridgehead atoms. The zero-order valence-electron chi connectivity index (χ0n) is 16.3. The number of hydrogen-bond acceptors (Lipinski definition) is 5. The maximum atomic E-state index is 12.7. The van der Waals surface area contributed by atoms with Gasteiger partial charge in [0.15, 0.2) is 0 Å². The molecule has 0 aliphatic carbocycles. The van der Waals surface area contributed by atoms with Gasteiger partial charge in [-0.1, -0.05) is 26.0 Å². The lowest BCUT2D eigenvalue weighted by Crippen LogP contribution is -2.55. The van der Waals surface area contributed by atoms with E-state index in [1.807, 2.05) is 13.8 Å². The largest absolute Gasteiger partial charge is 0.508 e. The summed E-state index contributed by atoms with van der Waals surface area (Å²) < 4.78 is 0. The summed E-state index contributed by atoms with van der Waals surface area (Å²) in [6.07, 6.45) is 0.728. The summed E-state index contributed by atoms with van der Waals surface area (Å²) in [7, 11) is 3.15. The predicted octanol–water partition coefficient (Wildman–Crippen LogP) is -0.0842. The Bertz CT molecular complexity index is 631. The summed E-state index contributed by atoms with van der Waals surface area (Å²) in [5.41, 5.74) is 0.793. The molecule has 0 saturated carbocycles. The molecule has 0 aromatic heterocycles. The van der Waals surface area contributed by atoms with E-state index in [0.29, 0.717) is 6.42 Å². The Morgan fingerprint density at radius 2 is 1.59 bits per heavy atom. The molecule has 0 aliphatic rings. The molecule has 3 amide bonds. The van der Waals surface area contributed by atoms with Crippen LogP contribution in [0.1, 0.15) is 25.8 Å². The Kier molecular flexibility index (Phi) is 9.29. The summed E-state index contributed by atoms with van der Waals surface area (Å²) in [4.78, 5) is 36.8. The highest BCUT2D eigenvalue weighted by atomic mass is 16.3. The lowest BCUT2D eigenvalue weighted by molar-refractivity contribution is -0.132. The van der Waals surface area contributed by atoms with Gasteiger partial charge in [-0.3, -0.25) is 14.4 Å². The van der Waals surface area contributed by atoms with E-state index >= 15 is 0 Å². The third kappa shape index (κ3) is 8.08. The number of phenolic OH excluding ortho intramolecular Hbond substituents is 1. The number of hydrogen-bond donors (Lipinski definition) is 5. The molecule has 2 atom stereocenters. The molecule has 5 N–H and O–H groups in total. The maximum Gasteiger partial charge on any atom is 0.243 e. The number of benzene rings is 1. The van der Waals surface area contributed by atoms with Crippen molar-refractivity contribution in [2.24, 2.45) is 5.92 Å². The highest BCUT2D eigenvalue weighted by Crippen LogP contribution is 2.12. The summed E-state index contributed by atoms with van der Waals surface area (Å²) in [5.74, 6) is -0.704. The normalized spacial score (nSPS) is 12.9. The second-order valence-corrected chi connectivity index (χ2v) is 6.83. The first-order valence-corrected chi connectivity index (χ1v) is 9.00. The van der Waals surface area contributed by atoms with Crippen LogP contribution in [0.25, 0.3) is 0 Å². The topological polar surface area (TPSA) is 120 Å². The molecule has 27 heavy (non-hydrogen) atoms. The first kappa shape index (κ1) is 22.4. The van der Waals surface area contributed by atoms with Crippen LogP contribution in [0.2, 0.25) is 0 Å². The van der Waals surface area contributed by atoms with E-state index in [9.17, 15) is 19.5 Å².